The zero-order chi connectivity index (χ0) is 20.1. The van der Waals surface area contributed by atoms with Crippen molar-refractivity contribution in [2.24, 2.45) is 0 Å². The summed E-state index contributed by atoms with van der Waals surface area (Å²) in [5.74, 6) is 3.36. The maximum absolute atomic E-state index is 6.00. The van der Waals surface area contributed by atoms with Crippen molar-refractivity contribution in [2.75, 3.05) is 13.7 Å². The van der Waals surface area contributed by atoms with Crippen molar-refractivity contribution in [1.82, 2.24) is 9.55 Å². The van der Waals surface area contributed by atoms with Gasteiger partial charge in [-0.1, -0.05) is 30.3 Å². The second kappa shape index (κ2) is 8.69. The second-order valence-corrected chi connectivity index (χ2v) is 6.75. The standard InChI is InChI=1S/C24H24N2O3/c1-18-7-3-6-10-23(18)28-16-15-26-22-9-5-4-8-21(22)25-24(26)17-29-20-13-11-19(27-2)12-14-20/h3-14H,15-17H2,1-2H3. The van der Waals surface area contributed by atoms with Crippen LogP contribution in [0.5, 0.6) is 17.2 Å². The van der Waals surface area contributed by atoms with Crippen molar-refractivity contribution in [1.29, 1.82) is 0 Å². The quantitative estimate of drug-likeness (QED) is 0.426. The van der Waals surface area contributed by atoms with Crippen molar-refractivity contribution in [3.05, 3.63) is 84.2 Å². The van der Waals surface area contributed by atoms with Crippen molar-refractivity contribution >= 4 is 11.0 Å². The summed E-state index contributed by atoms with van der Waals surface area (Å²) in [5, 5.41) is 0. The van der Waals surface area contributed by atoms with E-state index < -0.39 is 0 Å². The Morgan fingerprint density at radius 1 is 0.828 bits per heavy atom. The van der Waals surface area contributed by atoms with Crippen LogP contribution in [-0.4, -0.2) is 23.3 Å². The van der Waals surface area contributed by atoms with Gasteiger partial charge in [0.15, 0.2) is 0 Å². The predicted molar refractivity (Wildman–Crippen MR) is 114 cm³/mol. The minimum absolute atomic E-state index is 0.380. The van der Waals surface area contributed by atoms with Gasteiger partial charge in [0.25, 0.3) is 0 Å². The highest BCUT2D eigenvalue weighted by molar-refractivity contribution is 5.75. The number of rotatable bonds is 8. The monoisotopic (exact) mass is 388 g/mol. The maximum atomic E-state index is 6.00. The predicted octanol–water partition coefficient (Wildman–Crippen LogP) is 5.01. The third kappa shape index (κ3) is 4.35. The lowest BCUT2D eigenvalue weighted by atomic mass is 10.2. The van der Waals surface area contributed by atoms with Crippen LogP contribution < -0.4 is 14.2 Å². The van der Waals surface area contributed by atoms with E-state index in [1.165, 1.54) is 0 Å². The van der Waals surface area contributed by atoms with Crippen LogP contribution in [0, 0.1) is 6.92 Å². The molecule has 0 aliphatic heterocycles. The molecule has 1 aromatic heterocycles. The Labute approximate surface area is 170 Å². The van der Waals surface area contributed by atoms with E-state index >= 15 is 0 Å². The lowest BCUT2D eigenvalue weighted by Gasteiger charge is -2.13. The largest absolute Gasteiger partial charge is 0.497 e. The smallest absolute Gasteiger partial charge is 0.148 e. The van der Waals surface area contributed by atoms with Gasteiger partial charge in [-0.05, 0) is 55.0 Å². The zero-order valence-electron chi connectivity index (χ0n) is 16.7. The lowest BCUT2D eigenvalue weighted by molar-refractivity contribution is 0.271. The Morgan fingerprint density at radius 2 is 1.55 bits per heavy atom. The van der Waals surface area contributed by atoms with Gasteiger partial charge in [-0.2, -0.15) is 0 Å². The van der Waals surface area contributed by atoms with Gasteiger partial charge < -0.3 is 18.8 Å². The molecule has 29 heavy (non-hydrogen) atoms. The molecular weight excluding hydrogens is 364 g/mol. The molecule has 0 bridgehead atoms. The van der Waals surface area contributed by atoms with Gasteiger partial charge in [0.1, 0.15) is 36.3 Å². The minimum Gasteiger partial charge on any atom is -0.497 e. The molecule has 4 rings (SSSR count). The van der Waals surface area contributed by atoms with Crippen LogP contribution >= 0.6 is 0 Å². The number of fused-ring (bicyclic) bond motifs is 1. The third-order valence-electron chi connectivity index (χ3n) is 4.83. The fraction of sp³-hybridized carbons (Fsp3) is 0.208. The fourth-order valence-corrected chi connectivity index (χ4v) is 3.27. The first-order valence-corrected chi connectivity index (χ1v) is 9.64. The first-order valence-electron chi connectivity index (χ1n) is 9.64. The molecule has 0 spiro atoms. The Morgan fingerprint density at radius 3 is 2.34 bits per heavy atom. The molecule has 148 valence electrons. The maximum Gasteiger partial charge on any atom is 0.148 e. The van der Waals surface area contributed by atoms with E-state index in [0.29, 0.717) is 19.8 Å². The van der Waals surface area contributed by atoms with E-state index in [-0.39, 0.29) is 0 Å². The summed E-state index contributed by atoms with van der Waals surface area (Å²) < 4.78 is 19.3. The summed E-state index contributed by atoms with van der Waals surface area (Å²) in [6, 6.07) is 23.7. The molecule has 0 saturated carbocycles. The molecule has 0 radical (unpaired) electrons. The van der Waals surface area contributed by atoms with E-state index in [1.54, 1.807) is 7.11 Å². The number of imidazole rings is 1. The third-order valence-corrected chi connectivity index (χ3v) is 4.83. The summed E-state index contributed by atoms with van der Waals surface area (Å²) >= 11 is 0. The lowest BCUT2D eigenvalue weighted by Crippen LogP contribution is -2.13. The van der Waals surface area contributed by atoms with Crippen molar-refractivity contribution in [2.45, 2.75) is 20.1 Å². The molecule has 0 aliphatic rings. The van der Waals surface area contributed by atoms with Crippen molar-refractivity contribution in [3.63, 3.8) is 0 Å². The van der Waals surface area contributed by atoms with Crippen LogP contribution in [0.25, 0.3) is 11.0 Å². The molecule has 0 saturated heterocycles. The fourth-order valence-electron chi connectivity index (χ4n) is 3.27. The molecular formula is C24H24N2O3. The van der Waals surface area contributed by atoms with Crippen LogP contribution in [0.3, 0.4) is 0 Å². The Kier molecular flexibility index (Phi) is 5.66. The highest BCUT2D eigenvalue weighted by Crippen LogP contribution is 2.21. The summed E-state index contributed by atoms with van der Waals surface area (Å²) in [4.78, 5) is 4.76. The number of methoxy groups -OCH3 is 1. The zero-order valence-corrected chi connectivity index (χ0v) is 16.7. The number of aromatic nitrogens is 2. The number of hydrogen-bond acceptors (Lipinski definition) is 4. The number of hydrogen-bond donors (Lipinski definition) is 0. The first-order chi connectivity index (χ1) is 14.2. The summed E-state index contributed by atoms with van der Waals surface area (Å²) in [6.45, 7) is 3.68. The highest BCUT2D eigenvalue weighted by atomic mass is 16.5. The number of aryl methyl sites for hydroxylation is 1. The summed E-state index contributed by atoms with van der Waals surface area (Å²) in [5.41, 5.74) is 3.16. The molecule has 3 aromatic carbocycles. The second-order valence-electron chi connectivity index (χ2n) is 6.75. The van der Waals surface area contributed by atoms with Gasteiger partial charge in [-0.25, -0.2) is 4.98 Å². The van der Waals surface area contributed by atoms with Crippen LogP contribution in [0.15, 0.2) is 72.8 Å². The molecule has 1 heterocycles. The Hall–Kier alpha value is -3.47. The molecule has 0 amide bonds. The van der Waals surface area contributed by atoms with Gasteiger partial charge in [0.05, 0.1) is 24.7 Å². The van der Waals surface area contributed by atoms with E-state index in [1.807, 2.05) is 60.7 Å². The Bertz CT molecular complexity index is 1090. The number of benzene rings is 3. The Balaban J connectivity index is 1.50. The van der Waals surface area contributed by atoms with E-state index in [0.717, 1.165) is 39.7 Å². The van der Waals surface area contributed by atoms with Crippen LogP contribution in [-0.2, 0) is 13.2 Å². The van der Waals surface area contributed by atoms with Crippen LogP contribution in [0.1, 0.15) is 11.4 Å². The number of nitrogens with zero attached hydrogens (tertiary/aromatic N) is 2. The van der Waals surface area contributed by atoms with E-state index in [4.69, 9.17) is 19.2 Å². The highest BCUT2D eigenvalue weighted by Gasteiger charge is 2.11. The van der Waals surface area contributed by atoms with Gasteiger partial charge in [-0.3, -0.25) is 0 Å². The summed E-state index contributed by atoms with van der Waals surface area (Å²) in [7, 11) is 1.65. The molecule has 0 unspecified atom stereocenters. The topological polar surface area (TPSA) is 45.5 Å². The molecule has 5 nitrogen and oxygen atoms in total. The summed E-state index contributed by atoms with van der Waals surface area (Å²) in [6.07, 6.45) is 0. The van der Waals surface area contributed by atoms with Crippen LogP contribution in [0.4, 0.5) is 0 Å². The average molecular weight is 388 g/mol. The van der Waals surface area contributed by atoms with Crippen molar-refractivity contribution in [3.8, 4) is 17.2 Å². The van der Waals surface area contributed by atoms with Crippen LogP contribution in [0.2, 0.25) is 0 Å². The normalized spacial score (nSPS) is 10.8. The molecule has 0 atom stereocenters. The van der Waals surface area contributed by atoms with Gasteiger partial charge >= 0.3 is 0 Å². The molecule has 0 fully saturated rings. The average Bonchev–Trinajstić information content (AvgIpc) is 3.11. The van der Waals surface area contributed by atoms with E-state index in [2.05, 4.69) is 23.6 Å². The number of para-hydroxylation sites is 3. The van der Waals surface area contributed by atoms with Crippen molar-refractivity contribution < 1.29 is 14.2 Å². The van der Waals surface area contributed by atoms with Gasteiger partial charge in [0.2, 0.25) is 0 Å². The molecule has 5 heteroatoms. The van der Waals surface area contributed by atoms with Gasteiger partial charge in [0, 0.05) is 0 Å². The first kappa shape index (κ1) is 18.9. The molecule has 0 N–H and O–H groups in total. The molecule has 0 aliphatic carbocycles. The SMILES string of the molecule is COc1ccc(OCc2nc3ccccc3n2CCOc2ccccc2C)cc1. The number of ether oxygens (including phenoxy) is 3. The van der Waals surface area contributed by atoms with E-state index in [9.17, 15) is 0 Å². The minimum atomic E-state index is 0.380. The molecule has 4 aromatic rings. The van der Waals surface area contributed by atoms with Gasteiger partial charge in [-0.15, -0.1) is 0 Å².